The molecule has 6 rings (SSSR count). The van der Waals surface area contributed by atoms with Gasteiger partial charge in [-0.15, -0.1) is 0 Å². The molecule has 2 aliphatic rings. The Kier molecular flexibility index (Phi) is 6.03. The SMILES string of the molecule is O=C(C[C@H]1CN(Cc2c(O)cccc2F)CC(F)(F)C1)c1ccc2c(c1)C(c1ccc3nccn3c1)=NC2. The van der Waals surface area contributed by atoms with Crippen molar-refractivity contribution in [2.24, 2.45) is 10.9 Å². The summed E-state index contributed by atoms with van der Waals surface area (Å²) in [5.41, 5.74) is 4.80. The summed E-state index contributed by atoms with van der Waals surface area (Å²) in [7, 11) is 0. The van der Waals surface area contributed by atoms with Gasteiger partial charge in [-0.3, -0.25) is 14.7 Å². The number of carbonyl (C=O) groups is 1. The lowest BCUT2D eigenvalue weighted by Gasteiger charge is -2.37. The number of hydrogen-bond acceptors (Lipinski definition) is 5. The zero-order valence-electron chi connectivity index (χ0n) is 20.4. The number of likely N-dealkylation sites (tertiary alicyclic amines) is 1. The zero-order chi connectivity index (χ0) is 26.4. The number of Topliss-reactive ketones (excluding diaryl/α,β-unsaturated/α-hetero) is 1. The summed E-state index contributed by atoms with van der Waals surface area (Å²) in [5, 5.41) is 10.0. The first-order valence-electron chi connectivity index (χ1n) is 12.5. The van der Waals surface area contributed by atoms with Crippen molar-refractivity contribution in [3.63, 3.8) is 0 Å². The minimum absolute atomic E-state index is 0.0189. The van der Waals surface area contributed by atoms with Crippen molar-refractivity contribution < 1.29 is 23.1 Å². The van der Waals surface area contributed by atoms with Crippen LogP contribution in [0.5, 0.6) is 5.75 Å². The minimum Gasteiger partial charge on any atom is -0.508 e. The smallest absolute Gasteiger partial charge is 0.260 e. The highest BCUT2D eigenvalue weighted by Crippen LogP contribution is 2.35. The van der Waals surface area contributed by atoms with Crippen molar-refractivity contribution in [1.82, 2.24) is 14.3 Å². The van der Waals surface area contributed by atoms with Crippen LogP contribution >= 0.6 is 0 Å². The number of phenolic OH excluding ortho intramolecular Hbond substituents is 1. The number of aliphatic imine (C=N–C) groups is 1. The number of piperidine rings is 1. The molecule has 194 valence electrons. The van der Waals surface area contributed by atoms with Crippen LogP contribution in [0.2, 0.25) is 0 Å². The van der Waals surface area contributed by atoms with Gasteiger partial charge in [0.25, 0.3) is 5.92 Å². The molecule has 0 spiro atoms. The molecule has 4 heterocycles. The van der Waals surface area contributed by atoms with Gasteiger partial charge in [-0.1, -0.05) is 18.2 Å². The number of phenols is 1. The quantitative estimate of drug-likeness (QED) is 0.354. The molecule has 2 aromatic heterocycles. The third-order valence-corrected chi connectivity index (χ3v) is 7.27. The second-order valence-corrected chi connectivity index (χ2v) is 10.1. The van der Waals surface area contributed by atoms with Gasteiger partial charge in [-0.2, -0.15) is 0 Å². The predicted octanol–water partition coefficient (Wildman–Crippen LogP) is 5.26. The van der Waals surface area contributed by atoms with Crippen molar-refractivity contribution in [3.8, 4) is 5.75 Å². The minimum atomic E-state index is -3.02. The maximum atomic E-state index is 14.6. The zero-order valence-corrected chi connectivity index (χ0v) is 20.4. The van der Waals surface area contributed by atoms with Gasteiger partial charge in [0.15, 0.2) is 5.78 Å². The largest absolute Gasteiger partial charge is 0.508 e. The molecule has 0 aliphatic carbocycles. The lowest BCUT2D eigenvalue weighted by Crippen LogP contribution is -2.47. The molecule has 2 aromatic carbocycles. The molecule has 1 atom stereocenters. The molecule has 1 saturated heterocycles. The number of halogens is 3. The Morgan fingerprint density at radius 2 is 2.03 bits per heavy atom. The van der Waals surface area contributed by atoms with Crippen molar-refractivity contribution in [3.05, 3.63) is 101 Å². The summed E-state index contributed by atoms with van der Waals surface area (Å²) in [5.74, 6) is -4.76. The van der Waals surface area contributed by atoms with Crippen LogP contribution in [0.3, 0.4) is 0 Å². The van der Waals surface area contributed by atoms with Crippen LogP contribution in [0.15, 0.2) is 72.1 Å². The summed E-state index contributed by atoms with van der Waals surface area (Å²) >= 11 is 0. The number of pyridine rings is 1. The van der Waals surface area contributed by atoms with Crippen molar-refractivity contribution in [1.29, 1.82) is 0 Å². The summed E-state index contributed by atoms with van der Waals surface area (Å²) in [6, 6.07) is 13.1. The van der Waals surface area contributed by atoms with E-state index < -0.39 is 30.6 Å². The Balaban J connectivity index is 1.20. The van der Waals surface area contributed by atoms with Gasteiger partial charge in [0.2, 0.25) is 0 Å². The van der Waals surface area contributed by atoms with Gasteiger partial charge in [-0.05, 0) is 41.8 Å². The average Bonchev–Trinajstić information content (AvgIpc) is 3.51. The average molecular weight is 519 g/mol. The highest BCUT2D eigenvalue weighted by molar-refractivity contribution is 6.16. The number of hydrogen-bond donors (Lipinski definition) is 1. The molecule has 6 nitrogen and oxygen atoms in total. The number of aromatic hydroxyl groups is 1. The molecule has 1 fully saturated rings. The fourth-order valence-electron chi connectivity index (χ4n) is 5.54. The number of fused-ring (bicyclic) bond motifs is 2. The second kappa shape index (κ2) is 9.40. The fourth-order valence-corrected chi connectivity index (χ4v) is 5.54. The number of aromatic nitrogens is 2. The maximum Gasteiger partial charge on any atom is 0.260 e. The molecule has 4 aromatic rings. The molecule has 38 heavy (non-hydrogen) atoms. The summed E-state index contributed by atoms with van der Waals surface area (Å²) in [4.78, 5) is 23.6. The predicted molar refractivity (Wildman–Crippen MR) is 136 cm³/mol. The van der Waals surface area contributed by atoms with Gasteiger partial charge in [0.05, 0.1) is 18.8 Å². The van der Waals surface area contributed by atoms with Crippen LogP contribution < -0.4 is 0 Å². The summed E-state index contributed by atoms with van der Waals surface area (Å²) in [6.07, 6.45) is 5.04. The van der Waals surface area contributed by atoms with Crippen molar-refractivity contribution in [2.45, 2.75) is 31.9 Å². The van der Waals surface area contributed by atoms with Crippen LogP contribution in [-0.2, 0) is 13.1 Å². The number of nitrogens with zero attached hydrogens (tertiary/aromatic N) is 4. The van der Waals surface area contributed by atoms with Gasteiger partial charge < -0.3 is 9.51 Å². The van der Waals surface area contributed by atoms with Crippen LogP contribution in [0.4, 0.5) is 13.2 Å². The lowest BCUT2D eigenvalue weighted by molar-refractivity contribution is -0.0866. The number of imidazole rings is 1. The third kappa shape index (κ3) is 4.69. The number of benzene rings is 2. The molecule has 0 radical (unpaired) electrons. The van der Waals surface area contributed by atoms with E-state index in [4.69, 9.17) is 0 Å². The first-order chi connectivity index (χ1) is 18.3. The van der Waals surface area contributed by atoms with E-state index in [0.717, 1.165) is 28.0 Å². The third-order valence-electron chi connectivity index (χ3n) is 7.27. The maximum absolute atomic E-state index is 14.6. The fraction of sp³-hybridized carbons (Fsp3) is 0.276. The second-order valence-electron chi connectivity index (χ2n) is 10.1. The topological polar surface area (TPSA) is 70.2 Å². The van der Waals surface area contributed by atoms with Crippen LogP contribution in [0.25, 0.3) is 5.65 Å². The van der Waals surface area contributed by atoms with E-state index in [1.165, 1.54) is 23.1 Å². The van der Waals surface area contributed by atoms with Gasteiger partial charge >= 0.3 is 0 Å². The number of ketones is 1. The molecular formula is C29H25F3N4O2. The molecule has 1 N–H and O–H groups in total. The molecule has 0 bridgehead atoms. The number of carbonyl (C=O) groups excluding carboxylic acids is 1. The molecule has 9 heteroatoms. The summed E-state index contributed by atoms with van der Waals surface area (Å²) < 4.78 is 45.4. The Hall–Kier alpha value is -3.98. The summed E-state index contributed by atoms with van der Waals surface area (Å²) in [6.45, 7) is 0.00951. The monoisotopic (exact) mass is 518 g/mol. The molecule has 2 aliphatic heterocycles. The van der Waals surface area contributed by atoms with E-state index in [0.29, 0.717) is 12.1 Å². The van der Waals surface area contributed by atoms with E-state index in [1.54, 1.807) is 18.3 Å². The molecule has 0 amide bonds. The first-order valence-corrected chi connectivity index (χ1v) is 12.5. The molecular weight excluding hydrogens is 493 g/mol. The Morgan fingerprint density at radius 3 is 2.87 bits per heavy atom. The lowest BCUT2D eigenvalue weighted by atomic mass is 9.88. The standard InChI is InChI=1S/C29H25F3N4O2/c30-24-2-1-3-25(37)23(24)16-35-14-18(12-29(31,32)17-35)10-26(38)19-4-5-20-13-34-28(22(20)11-19)21-6-7-27-33-8-9-36(27)15-21/h1-9,11,15,18,37H,10,12-14,16-17H2/t18-/m1/s1. The normalized spacial score (nSPS) is 18.9. The van der Waals surface area contributed by atoms with E-state index in [-0.39, 0.29) is 36.6 Å². The Morgan fingerprint density at radius 1 is 1.16 bits per heavy atom. The van der Waals surface area contributed by atoms with Gasteiger partial charge in [0, 0.05) is 66.8 Å². The van der Waals surface area contributed by atoms with Gasteiger partial charge in [-0.25, -0.2) is 18.2 Å². The Bertz CT molecular complexity index is 1560. The van der Waals surface area contributed by atoms with Gasteiger partial charge in [0.1, 0.15) is 17.2 Å². The van der Waals surface area contributed by atoms with Crippen molar-refractivity contribution >= 4 is 17.1 Å². The highest BCUT2D eigenvalue weighted by atomic mass is 19.3. The first kappa shape index (κ1) is 24.4. The van der Waals surface area contributed by atoms with Crippen LogP contribution in [0.1, 0.15) is 45.5 Å². The highest BCUT2D eigenvalue weighted by Gasteiger charge is 2.41. The number of rotatable bonds is 6. The molecule has 0 unspecified atom stereocenters. The van der Waals surface area contributed by atoms with Crippen LogP contribution in [-0.4, -0.2) is 49.9 Å². The van der Waals surface area contributed by atoms with Crippen LogP contribution in [0, 0.1) is 11.7 Å². The van der Waals surface area contributed by atoms with E-state index in [1.807, 2.05) is 35.0 Å². The number of alkyl halides is 2. The Labute approximate surface area is 217 Å². The van der Waals surface area contributed by atoms with E-state index >= 15 is 0 Å². The molecule has 0 saturated carbocycles. The van der Waals surface area contributed by atoms with E-state index in [9.17, 15) is 23.1 Å². The van der Waals surface area contributed by atoms with Crippen molar-refractivity contribution in [2.75, 3.05) is 13.1 Å². The van der Waals surface area contributed by atoms with E-state index in [2.05, 4.69) is 9.98 Å².